The van der Waals surface area contributed by atoms with Crippen LogP contribution in [0.3, 0.4) is 0 Å². The molecular weight excluding hydrogens is 274 g/mol. The first-order valence-corrected chi connectivity index (χ1v) is 4.98. The number of aromatic amines is 1. The molecule has 0 unspecified atom stereocenters. The summed E-state index contributed by atoms with van der Waals surface area (Å²) in [5, 5.41) is 0. The first-order chi connectivity index (χ1) is 8.68. The molecule has 0 saturated carbocycles. The number of benzene rings is 1. The molecule has 0 fully saturated rings. The van der Waals surface area contributed by atoms with Crippen LogP contribution in [0.5, 0.6) is 0 Å². The van der Waals surface area contributed by atoms with Crippen LogP contribution in [0.2, 0.25) is 0 Å². The normalized spacial score (nSPS) is 12.7. The summed E-state index contributed by atoms with van der Waals surface area (Å²) in [7, 11) is 0. The summed E-state index contributed by atoms with van der Waals surface area (Å²) in [6, 6.07) is 3.68. The van der Waals surface area contributed by atoms with Crippen molar-refractivity contribution in [3.05, 3.63) is 41.7 Å². The van der Waals surface area contributed by atoms with E-state index in [0.29, 0.717) is 6.20 Å². The molecule has 0 bridgehead atoms. The van der Waals surface area contributed by atoms with Gasteiger partial charge in [0.05, 0.1) is 11.8 Å². The summed E-state index contributed by atoms with van der Waals surface area (Å²) in [5.74, 6) is -0.138. The van der Waals surface area contributed by atoms with Gasteiger partial charge in [0.25, 0.3) is 0 Å². The number of hydrogen-bond donors (Lipinski definition) is 1. The molecule has 0 aliphatic rings. The Morgan fingerprint density at radius 1 is 0.842 bits per heavy atom. The molecule has 0 radical (unpaired) electrons. The number of aromatic nitrogens is 2. The van der Waals surface area contributed by atoms with Gasteiger partial charge in [-0.3, -0.25) is 0 Å². The van der Waals surface area contributed by atoms with E-state index in [4.69, 9.17) is 0 Å². The second kappa shape index (κ2) is 4.29. The largest absolute Gasteiger partial charge is 0.432 e. The molecule has 0 saturated heterocycles. The number of nitrogens with one attached hydrogen (secondary N) is 1. The van der Waals surface area contributed by atoms with Crippen molar-refractivity contribution in [2.75, 3.05) is 0 Å². The van der Waals surface area contributed by atoms with Crippen LogP contribution in [-0.2, 0) is 12.4 Å². The molecule has 2 aromatic rings. The third-order valence-electron chi connectivity index (χ3n) is 2.37. The summed E-state index contributed by atoms with van der Waals surface area (Å²) in [5.41, 5.74) is -1.79. The molecule has 0 atom stereocenters. The van der Waals surface area contributed by atoms with E-state index in [1.807, 2.05) is 4.98 Å². The summed E-state index contributed by atoms with van der Waals surface area (Å²) in [4.78, 5) is 5.50. The minimum atomic E-state index is -4.57. The average molecular weight is 280 g/mol. The van der Waals surface area contributed by atoms with Crippen LogP contribution < -0.4 is 0 Å². The van der Waals surface area contributed by atoms with Gasteiger partial charge in [-0.15, -0.1) is 0 Å². The number of nitrogens with zero attached hydrogens (tertiary/aromatic N) is 1. The second-order valence-corrected chi connectivity index (χ2v) is 3.72. The van der Waals surface area contributed by atoms with Gasteiger partial charge in [-0.2, -0.15) is 26.3 Å². The van der Waals surface area contributed by atoms with Crippen molar-refractivity contribution >= 4 is 0 Å². The number of imidazole rings is 1. The fourth-order valence-corrected chi connectivity index (χ4v) is 1.43. The smallest absolute Gasteiger partial charge is 0.334 e. The maximum Gasteiger partial charge on any atom is 0.432 e. The van der Waals surface area contributed by atoms with Gasteiger partial charge in [0.1, 0.15) is 11.5 Å². The van der Waals surface area contributed by atoms with Gasteiger partial charge in [-0.05, 0) is 12.1 Å². The van der Waals surface area contributed by atoms with E-state index in [1.54, 1.807) is 0 Å². The predicted molar refractivity (Wildman–Crippen MR) is 54.0 cm³/mol. The van der Waals surface area contributed by atoms with Crippen LogP contribution in [-0.4, -0.2) is 9.97 Å². The number of alkyl halides is 6. The summed E-state index contributed by atoms with van der Waals surface area (Å²) >= 11 is 0. The van der Waals surface area contributed by atoms with Crippen LogP contribution in [0.1, 0.15) is 11.3 Å². The van der Waals surface area contributed by atoms with Crippen molar-refractivity contribution < 1.29 is 26.3 Å². The van der Waals surface area contributed by atoms with Gasteiger partial charge in [-0.1, -0.05) is 12.1 Å². The van der Waals surface area contributed by atoms with Crippen LogP contribution >= 0.6 is 0 Å². The van der Waals surface area contributed by atoms with Crippen molar-refractivity contribution in [1.82, 2.24) is 9.97 Å². The standard InChI is InChI=1S/C11H6F6N2/c12-10(13,14)7-3-1-6(2-4-7)9-18-5-8(19-9)11(15,16)17/h1-5H,(H,18,19). The molecule has 102 valence electrons. The second-order valence-electron chi connectivity index (χ2n) is 3.72. The van der Waals surface area contributed by atoms with Gasteiger partial charge < -0.3 is 4.98 Å². The highest BCUT2D eigenvalue weighted by Gasteiger charge is 2.33. The maximum absolute atomic E-state index is 12.3. The Hall–Kier alpha value is -1.99. The van der Waals surface area contributed by atoms with E-state index in [0.717, 1.165) is 24.3 Å². The fraction of sp³-hybridized carbons (Fsp3) is 0.182. The fourth-order valence-electron chi connectivity index (χ4n) is 1.43. The Kier molecular flexibility index (Phi) is 3.03. The lowest BCUT2D eigenvalue weighted by Crippen LogP contribution is -2.05. The predicted octanol–water partition coefficient (Wildman–Crippen LogP) is 4.11. The van der Waals surface area contributed by atoms with Crippen molar-refractivity contribution in [2.45, 2.75) is 12.4 Å². The van der Waals surface area contributed by atoms with Crippen LogP contribution in [0, 0.1) is 0 Å². The van der Waals surface area contributed by atoms with E-state index >= 15 is 0 Å². The molecule has 0 aliphatic heterocycles. The first-order valence-electron chi connectivity index (χ1n) is 4.98. The molecule has 1 N–H and O–H groups in total. The third-order valence-corrected chi connectivity index (χ3v) is 2.37. The van der Waals surface area contributed by atoms with Gasteiger partial charge in [0, 0.05) is 5.56 Å². The third kappa shape index (κ3) is 2.88. The van der Waals surface area contributed by atoms with Gasteiger partial charge >= 0.3 is 12.4 Å². The monoisotopic (exact) mass is 280 g/mol. The van der Waals surface area contributed by atoms with Crippen molar-refractivity contribution in [2.24, 2.45) is 0 Å². The Morgan fingerprint density at radius 3 is 1.84 bits per heavy atom. The van der Waals surface area contributed by atoms with E-state index in [2.05, 4.69) is 4.98 Å². The Morgan fingerprint density at radius 2 is 1.42 bits per heavy atom. The van der Waals surface area contributed by atoms with Gasteiger partial charge in [-0.25, -0.2) is 4.98 Å². The van der Waals surface area contributed by atoms with Crippen LogP contribution in [0.4, 0.5) is 26.3 Å². The average Bonchev–Trinajstić information content (AvgIpc) is 2.77. The molecule has 0 aliphatic carbocycles. The number of halogens is 6. The highest BCUT2D eigenvalue weighted by atomic mass is 19.4. The number of rotatable bonds is 1. The molecule has 1 aromatic carbocycles. The lowest BCUT2D eigenvalue weighted by atomic mass is 10.1. The lowest BCUT2D eigenvalue weighted by Gasteiger charge is -2.06. The zero-order chi connectivity index (χ0) is 14.3. The minimum Gasteiger partial charge on any atom is -0.334 e. The Bertz CT molecular complexity index is 564. The topological polar surface area (TPSA) is 28.7 Å². The maximum atomic E-state index is 12.3. The number of hydrogen-bond acceptors (Lipinski definition) is 1. The van der Waals surface area contributed by atoms with E-state index < -0.39 is 23.6 Å². The molecule has 0 spiro atoms. The zero-order valence-electron chi connectivity index (χ0n) is 9.10. The summed E-state index contributed by atoms with van der Waals surface area (Å²) in [6.45, 7) is 0. The lowest BCUT2D eigenvalue weighted by molar-refractivity contribution is -0.141. The Labute approximate surface area is 103 Å². The molecule has 2 nitrogen and oxygen atoms in total. The van der Waals surface area contributed by atoms with Gasteiger partial charge in [0.2, 0.25) is 0 Å². The van der Waals surface area contributed by atoms with Crippen molar-refractivity contribution in [1.29, 1.82) is 0 Å². The molecular formula is C11H6F6N2. The number of H-pyrrole nitrogens is 1. The van der Waals surface area contributed by atoms with Crippen molar-refractivity contribution in [3.63, 3.8) is 0 Å². The SMILES string of the molecule is FC(F)(F)c1ccc(-c2ncc(C(F)(F)F)[nH]2)cc1. The Balaban J connectivity index is 2.31. The molecule has 1 heterocycles. The zero-order valence-corrected chi connectivity index (χ0v) is 9.10. The summed E-state index contributed by atoms with van der Waals surface area (Å²) < 4.78 is 73.9. The summed E-state index contributed by atoms with van der Waals surface area (Å²) in [6.07, 6.45) is -8.47. The van der Waals surface area contributed by atoms with E-state index in [1.165, 1.54) is 0 Å². The molecule has 0 amide bonds. The molecule has 8 heteroatoms. The molecule has 1 aromatic heterocycles. The molecule has 2 rings (SSSR count). The van der Waals surface area contributed by atoms with E-state index in [9.17, 15) is 26.3 Å². The quantitative estimate of drug-likeness (QED) is 0.782. The minimum absolute atomic E-state index is 0.138. The van der Waals surface area contributed by atoms with Crippen LogP contribution in [0.15, 0.2) is 30.5 Å². The van der Waals surface area contributed by atoms with Crippen molar-refractivity contribution in [3.8, 4) is 11.4 Å². The highest BCUT2D eigenvalue weighted by molar-refractivity contribution is 5.56. The van der Waals surface area contributed by atoms with Gasteiger partial charge in [0.15, 0.2) is 0 Å². The first kappa shape index (κ1) is 13.4. The molecule has 19 heavy (non-hydrogen) atoms. The highest BCUT2D eigenvalue weighted by Crippen LogP contribution is 2.32. The van der Waals surface area contributed by atoms with Crippen LogP contribution in [0.25, 0.3) is 11.4 Å². The van der Waals surface area contributed by atoms with E-state index in [-0.39, 0.29) is 11.4 Å².